The molecule has 0 saturated carbocycles. The lowest BCUT2D eigenvalue weighted by molar-refractivity contribution is -0.132. The van der Waals surface area contributed by atoms with Crippen LogP contribution in [0.1, 0.15) is 26.2 Å². The smallest absolute Gasteiger partial charge is 0.244 e. The zero-order valence-electron chi connectivity index (χ0n) is 13.4. The number of nitrogens with one attached hydrogen (secondary N) is 2. The van der Waals surface area contributed by atoms with E-state index in [4.69, 9.17) is 0 Å². The van der Waals surface area contributed by atoms with Crippen LogP contribution >= 0.6 is 0 Å². The molecular formula is C14H23N5O3S. The number of hydrogen-bond acceptors (Lipinski definition) is 5. The maximum atomic E-state index is 12.6. The van der Waals surface area contributed by atoms with Crippen molar-refractivity contribution < 1.29 is 13.2 Å². The molecule has 2 saturated heterocycles. The molecule has 23 heavy (non-hydrogen) atoms. The zero-order valence-corrected chi connectivity index (χ0v) is 14.2. The molecule has 3 heterocycles. The summed E-state index contributed by atoms with van der Waals surface area (Å²) in [7, 11) is -2.09. The van der Waals surface area contributed by atoms with Gasteiger partial charge in [-0.15, -0.1) is 0 Å². The molecule has 0 radical (unpaired) electrons. The average molecular weight is 341 g/mol. The molecule has 1 amide bonds. The van der Waals surface area contributed by atoms with Gasteiger partial charge < -0.3 is 10.2 Å². The Kier molecular flexibility index (Phi) is 4.43. The molecule has 0 spiro atoms. The van der Waals surface area contributed by atoms with Crippen LogP contribution < -0.4 is 10.0 Å². The molecule has 2 bridgehead atoms. The minimum Gasteiger partial charge on any atom is -0.340 e. The third-order valence-corrected chi connectivity index (χ3v) is 6.02. The number of carbonyl (C=O) groups excluding carboxylic acids is 1. The van der Waals surface area contributed by atoms with Crippen molar-refractivity contribution in [3.05, 3.63) is 12.4 Å². The first kappa shape index (κ1) is 16.4. The lowest BCUT2D eigenvalue weighted by Gasteiger charge is -2.27. The van der Waals surface area contributed by atoms with E-state index in [1.54, 1.807) is 18.9 Å². The van der Waals surface area contributed by atoms with Crippen LogP contribution in [0, 0.1) is 0 Å². The first-order valence-corrected chi connectivity index (χ1v) is 9.39. The van der Waals surface area contributed by atoms with Crippen molar-refractivity contribution in [1.82, 2.24) is 24.7 Å². The number of aryl methyl sites for hydroxylation is 1. The van der Waals surface area contributed by atoms with Gasteiger partial charge in [0.1, 0.15) is 4.90 Å². The highest BCUT2D eigenvalue weighted by Crippen LogP contribution is 2.21. The van der Waals surface area contributed by atoms with Gasteiger partial charge in [-0.05, 0) is 26.2 Å². The lowest BCUT2D eigenvalue weighted by Crippen LogP contribution is -2.49. The van der Waals surface area contributed by atoms with E-state index in [2.05, 4.69) is 15.1 Å². The Bertz CT molecular complexity index is 686. The molecule has 1 aromatic rings. The van der Waals surface area contributed by atoms with Crippen molar-refractivity contribution in [2.45, 2.75) is 49.2 Å². The summed E-state index contributed by atoms with van der Waals surface area (Å²) < 4.78 is 28.5. The molecule has 2 aliphatic rings. The monoisotopic (exact) mass is 341 g/mol. The highest BCUT2D eigenvalue weighted by atomic mass is 32.2. The molecule has 0 aromatic carbocycles. The van der Waals surface area contributed by atoms with Gasteiger partial charge in [-0.25, -0.2) is 8.42 Å². The second-order valence-corrected chi connectivity index (χ2v) is 8.12. The van der Waals surface area contributed by atoms with E-state index in [0.29, 0.717) is 25.2 Å². The van der Waals surface area contributed by atoms with Gasteiger partial charge in [0.15, 0.2) is 0 Å². The van der Waals surface area contributed by atoms with Crippen LogP contribution in [0.2, 0.25) is 0 Å². The Morgan fingerprint density at radius 2 is 2.13 bits per heavy atom. The highest BCUT2D eigenvalue weighted by molar-refractivity contribution is 7.89. The predicted octanol–water partition coefficient (Wildman–Crippen LogP) is -0.560. The second kappa shape index (κ2) is 6.21. The van der Waals surface area contributed by atoms with E-state index < -0.39 is 16.1 Å². The molecule has 3 unspecified atom stereocenters. The van der Waals surface area contributed by atoms with E-state index in [0.717, 1.165) is 19.3 Å². The molecular weight excluding hydrogens is 318 g/mol. The lowest BCUT2D eigenvalue weighted by atomic mass is 10.1. The van der Waals surface area contributed by atoms with Gasteiger partial charge in [0, 0.05) is 38.4 Å². The van der Waals surface area contributed by atoms with Crippen LogP contribution in [-0.2, 0) is 21.9 Å². The summed E-state index contributed by atoms with van der Waals surface area (Å²) in [5.74, 6) is -0.174. The molecule has 3 rings (SSSR count). The predicted molar refractivity (Wildman–Crippen MR) is 84.1 cm³/mol. The van der Waals surface area contributed by atoms with Gasteiger partial charge in [-0.3, -0.25) is 9.48 Å². The second-order valence-electron chi connectivity index (χ2n) is 6.40. The van der Waals surface area contributed by atoms with Crippen molar-refractivity contribution in [3.63, 3.8) is 0 Å². The van der Waals surface area contributed by atoms with E-state index in [-0.39, 0.29) is 10.8 Å². The van der Waals surface area contributed by atoms with Gasteiger partial charge in [0.25, 0.3) is 0 Å². The van der Waals surface area contributed by atoms with Crippen molar-refractivity contribution in [1.29, 1.82) is 0 Å². The van der Waals surface area contributed by atoms with Gasteiger partial charge in [-0.2, -0.15) is 9.82 Å². The first-order chi connectivity index (χ1) is 10.8. The normalized spacial score (nSPS) is 26.1. The van der Waals surface area contributed by atoms with Crippen molar-refractivity contribution in [2.24, 2.45) is 7.05 Å². The van der Waals surface area contributed by atoms with E-state index in [1.807, 2.05) is 0 Å². The molecule has 0 aliphatic carbocycles. The Labute approximate surface area is 136 Å². The Hall–Kier alpha value is -1.45. The van der Waals surface area contributed by atoms with Gasteiger partial charge in [0.2, 0.25) is 15.9 Å². The number of likely N-dealkylation sites (tertiary alicyclic amines) is 1. The summed E-state index contributed by atoms with van der Waals surface area (Å²) in [4.78, 5) is 14.4. The highest BCUT2D eigenvalue weighted by Gasteiger charge is 2.33. The summed E-state index contributed by atoms with van der Waals surface area (Å²) in [5.41, 5.74) is 0. The Morgan fingerprint density at radius 3 is 2.83 bits per heavy atom. The van der Waals surface area contributed by atoms with Crippen molar-refractivity contribution in [3.8, 4) is 0 Å². The minimum absolute atomic E-state index is 0.0660. The zero-order chi connectivity index (χ0) is 16.6. The Balaban J connectivity index is 1.65. The molecule has 2 fully saturated rings. The molecule has 8 nitrogen and oxygen atoms in total. The van der Waals surface area contributed by atoms with Crippen LogP contribution in [-0.4, -0.2) is 60.2 Å². The SMILES string of the molecule is CC(NS(=O)(=O)c1cnn(C)c1)C(=O)N1CCC2CCC(C1)N2. The van der Waals surface area contributed by atoms with Crippen LogP contribution in [0.25, 0.3) is 0 Å². The van der Waals surface area contributed by atoms with Crippen LogP contribution in [0.15, 0.2) is 17.3 Å². The minimum atomic E-state index is -3.74. The van der Waals surface area contributed by atoms with Crippen LogP contribution in [0.5, 0.6) is 0 Å². The van der Waals surface area contributed by atoms with Gasteiger partial charge in [-0.1, -0.05) is 0 Å². The topological polar surface area (TPSA) is 96.3 Å². The number of fused-ring (bicyclic) bond motifs is 2. The molecule has 128 valence electrons. The van der Waals surface area contributed by atoms with Crippen molar-refractivity contribution >= 4 is 15.9 Å². The molecule has 2 aliphatic heterocycles. The van der Waals surface area contributed by atoms with E-state index in [9.17, 15) is 13.2 Å². The summed E-state index contributed by atoms with van der Waals surface area (Å²) in [6.07, 6.45) is 5.84. The van der Waals surface area contributed by atoms with Gasteiger partial charge >= 0.3 is 0 Å². The molecule has 9 heteroatoms. The molecule has 3 atom stereocenters. The summed E-state index contributed by atoms with van der Waals surface area (Å²) in [6, 6.07) is 0.0191. The maximum absolute atomic E-state index is 12.6. The van der Waals surface area contributed by atoms with E-state index >= 15 is 0 Å². The van der Waals surface area contributed by atoms with Crippen LogP contribution in [0.4, 0.5) is 0 Å². The third-order valence-electron chi connectivity index (χ3n) is 4.53. The fourth-order valence-corrected chi connectivity index (χ4v) is 4.49. The number of amides is 1. The fourth-order valence-electron chi connectivity index (χ4n) is 3.31. The van der Waals surface area contributed by atoms with Gasteiger partial charge in [0.05, 0.1) is 12.2 Å². The van der Waals surface area contributed by atoms with Crippen LogP contribution in [0.3, 0.4) is 0 Å². The summed E-state index contributed by atoms with van der Waals surface area (Å²) in [6.45, 7) is 2.91. The number of rotatable bonds is 4. The van der Waals surface area contributed by atoms with Crippen molar-refractivity contribution in [2.75, 3.05) is 13.1 Å². The maximum Gasteiger partial charge on any atom is 0.244 e. The molecule has 2 N–H and O–H groups in total. The third kappa shape index (κ3) is 3.56. The van der Waals surface area contributed by atoms with E-state index in [1.165, 1.54) is 17.1 Å². The fraction of sp³-hybridized carbons (Fsp3) is 0.714. The first-order valence-electron chi connectivity index (χ1n) is 7.91. The largest absolute Gasteiger partial charge is 0.340 e. The standard InChI is InChI=1S/C14H23N5O3S/c1-10(17-23(21,22)13-7-15-18(2)9-13)14(20)19-6-5-11-3-4-12(8-19)16-11/h7,9-12,16-17H,3-6,8H2,1-2H3. The molecule has 1 aromatic heterocycles. The number of sulfonamides is 1. The average Bonchev–Trinajstić information content (AvgIpc) is 3.04. The summed E-state index contributed by atoms with van der Waals surface area (Å²) >= 11 is 0. The number of nitrogens with zero attached hydrogens (tertiary/aromatic N) is 3. The quantitative estimate of drug-likeness (QED) is 0.765. The number of hydrogen-bond donors (Lipinski definition) is 2. The number of carbonyl (C=O) groups is 1. The Morgan fingerprint density at radius 1 is 1.39 bits per heavy atom. The summed E-state index contributed by atoms with van der Waals surface area (Å²) in [5, 5.41) is 7.37. The number of aromatic nitrogens is 2.